The highest BCUT2D eigenvalue weighted by Crippen LogP contribution is 2.37. The van der Waals surface area contributed by atoms with E-state index in [1.54, 1.807) is 0 Å². The third kappa shape index (κ3) is 4.22. The lowest BCUT2D eigenvalue weighted by Gasteiger charge is -2.37. The van der Waals surface area contributed by atoms with Gasteiger partial charge in [0.2, 0.25) is 0 Å². The molecule has 0 saturated carbocycles. The van der Waals surface area contributed by atoms with E-state index in [9.17, 15) is 0 Å². The van der Waals surface area contributed by atoms with Crippen molar-refractivity contribution in [1.29, 1.82) is 0 Å². The Morgan fingerprint density at radius 2 is 2.11 bits per heavy atom. The summed E-state index contributed by atoms with van der Waals surface area (Å²) >= 11 is 0. The molecule has 0 aromatic carbocycles. The third-order valence-corrected chi connectivity index (χ3v) is 4.11. The van der Waals surface area contributed by atoms with Crippen molar-refractivity contribution in [1.82, 2.24) is 5.32 Å². The van der Waals surface area contributed by atoms with Crippen molar-refractivity contribution in [2.45, 2.75) is 64.0 Å². The molecular weight excluding hydrogens is 226 g/mol. The van der Waals surface area contributed by atoms with Crippen molar-refractivity contribution in [3.63, 3.8) is 0 Å². The second-order valence-electron chi connectivity index (χ2n) is 7.01. The van der Waals surface area contributed by atoms with Crippen LogP contribution in [0.1, 0.15) is 52.9 Å². The van der Waals surface area contributed by atoms with E-state index < -0.39 is 0 Å². The average Bonchev–Trinajstić information content (AvgIpc) is 2.72. The molecule has 0 bridgehead atoms. The van der Waals surface area contributed by atoms with Crippen LogP contribution in [-0.2, 0) is 9.47 Å². The minimum absolute atomic E-state index is 0.0837. The molecule has 2 unspecified atom stereocenters. The summed E-state index contributed by atoms with van der Waals surface area (Å²) in [6, 6.07) is 0. The molecule has 0 amide bonds. The van der Waals surface area contributed by atoms with E-state index >= 15 is 0 Å². The minimum Gasteiger partial charge on any atom is -0.378 e. The van der Waals surface area contributed by atoms with Gasteiger partial charge >= 0.3 is 0 Å². The molecule has 2 aliphatic heterocycles. The van der Waals surface area contributed by atoms with Crippen LogP contribution in [0, 0.1) is 5.92 Å². The Morgan fingerprint density at radius 3 is 2.78 bits per heavy atom. The van der Waals surface area contributed by atoms with Crippen LogP contribution in [0.15, 0.2) is 0 Å². The van der Waals surface area contributed by atoms with Crippen molar-refractivity contribution in [2.75, 3.05) is 26.4 Å². The summed E-state index contributed by atoms with van der Waals surface area (Å²) in [6.07, 6.45) is 6.15. The van der Waals surface area contributed by atoms with Gasteiger partial charge in [-0.05, 0) is 58.9 Å². The minimum atomic E-state index is 0.0837. The molecule has 0 aliphatic carbocycles. The maximum Gasteiger partial charge on any atom is 0.0939 e. The van der Waals surface area contributed by atoms with Gasteiger partial charge in [-0.2, -0.15) is 0 Å². The second kappa shape index (κ2) is 5.89. The number of nitrogens with one attached hydrogen (secondary N) is 1. The van der Waals surface area contributed by atoms with Crippen molar-refractivity contribution in [3.05, 3.63) is 0 Å². The monoisotopic (exact) mass is 255 g/mol. The molecule has 2 aliphatic rings. The molecule has 3 nitrogen and oxygen atoms in total. The first-order valence-corrected chi connectivity index (χ1v) is 7.46. The Kier molecular flexibility index (Phi) is 4.68. The molecule has 0 radical (unpaired) electrons. The van der Waals surface area contributed by atoms with Crippen molar-refractivity contribution < 1.29 is 9.47 Å². The Labute approximate surface area is 112 Å². The zero-order valence-electron chi connectivity index (χ0n) is 12.3. The standard InChI is InChI=1S/C15H29NO2/c1-14(2,3)16-8-4-5-13-6-9-18-15(11-13)7-10-17-12-15/h13,16H,4-12H2,1-3H3. The predicted molar refractivity (Wildman–Crippen MR) is 73.8 cm³/mol. The lowest BCUT2D eigenvalue weighted by atomic mass is 9.83. The summed E-state index contributed by atoms with van der Waals surface area (Å²) in [7, 11) is 0. The Bertz CT molecular complexity index is 254. The maximum absolute atomic E-state index is 5.98. The second-order valence-corrected chi connectivity index (χ2v) is 7.01. The van der Waals surface area contributed by atoms with Gasteiger partial charge in [0, 0.05) is 25.2 Å². The van der Waals surface area contributed by atoms with Gasteiger partial charge in [-0.3, -0.25) is 0 Å². The fourth-order valence-corrected chi connectivity index (χ4v) is 3.09. The summed E-state index contributed by atoms with van der Waals surface area (Å²) in [5, 5.41) is 3.57. The molecule has 1 N–H and O–H groups in total. The quantitative estimate of drug-likeness (QED) is 0.784. The molecule has 2 heterocycles. The lowest BCUT2D eigenvalue weighted by Crippen LogP contribution is -2.41. The van der Waals surface area contributed by atoms with E-state index in [0.717, 1.165) is 38.7 Å². The SMILES string of the molecule is CC(C)(C)NCCCC1CCOC2(CCOC2)C1. The summed E-state index contributed by atoms with van der Waals surface area (Å²) in [6.45, 7) is 10.5. The van der Waals surface area contributed by atoms with E-state index in [1.165, 1.54) is 25.7 Å². The number of hydrogen-bond acceptors (Lipinski definition) is 3. The predicted octanol–water partition coefficient (Wildman–Crippen LogP) is 2.74. The zero-order valence-corrected chi connectivity index (χ0v) is 12.3. The Hall–Kier alpha value is -0.120. The molecule has 0 aromatic heterocycles. The zero-order chi connectivity index (χ0) is 13.1. The van der Waals surface area contributed by atoms with Crippen LogP contribution in [0.2, 0.25) is 0 Å². The topological polar surface area (TPSA) is 30.5 Å². The van der Waals surface area contributed by atoms with Crippen LogP contribution in [0.4, 0.5) is 0 Å². The molecule has 0 aromatic rings. The third-order valence-electron chi connectivity index (χ3n) is 4.11. The van der Waals surface area contributed by atoms with Gasteiger partial charge < -0.3 is 14.8 Å². The van der Waals surface area contributed by atoms with Gasteiger partial charge in [0.1, 0.15) is 0 Å². The van der Waals surface area contributed by atoms with Gasteiger partial charge in [-0.1, -0.05) is 0 Å². The van der Waals surface area contributed by atoms with Crippen LogP contribution < -0.4 is 5.32 Å². The van der Waals surface area contributed by atoms with Crippen molar-refractivity contribution in [3.8, 4) is 0 Å². The smallest absolute Gasteiger partial charge is 0.0939 e. The first kappa shape index (κ1) is 14.3. The summed E-state index contributed by atoms with van der Waals surface area (Å²) in [5.74, 6) is 0.835. The number of rotatable bonds is 4. The van der Waals surface area contributed by atoms with E-state index in [0.29, 0.717) is 0 Å². The Balaban J connectivity index is 1.67. The van der Waals surface area contributed by atoms with E-state index in [4.69, 9.17) is 9.47 Å². The summed E-state index contributed by atoms with van der Waals surface area (Å²) < 4.78 is 11.5. The molecule has 106 valence electrons. The highest BCUT2D eigenvalue weighted by molar-refractivity contribution is 4.90. The fourth-order valence-electron chi connectivity index (χ4n) is 3.09. The van der Waals surface area contributed by atoms with Crippen LogP contribution >= 0.6 is 0 Å². The van der Waals surface area contributed by atoms with Gasteiger partial charge in [0.15, 0.2) is 0 Å². The van der Waals surface area contributed by atoms with Gasteiger partial charge in [-0.15, -0.1) is 0 Å². The average molecular weight is 255 g/mol. The van der Waals surface area contributed by atoms with Crippen LogP contribution in [0.5, 0.6) is 0 Å². The molecule has 2 fully saturated rings. The van der Waals surface area contributed by atoms with Crippen molar-refractivity contribution in [2.24, 2.45) is 5.92 Å². The molecule has 3 heteroatoms. The summed E-state index contributed by atoms with van der Waals surface area (Å²) in [4.78, 5) is 0. The molecule has 2 rings (SSSR count). The Morgan fingerprint density at radius 1 is 1.28 bits per heavy atom. The fraction of sp³-hybridized carbons (Fsp3) is 1.00. The van der Waals surface area contributed by atoms with Gasteiger partial charge in [0.05, 0.1) is 12.2 Å². The molecule has 2 saturated heterocycles. The number of hydrogen-bond donors (Lipinski definition) is 1. The molecule has 18 heavy (non-hydrogen) atoms. The first-order chi connectivity index (χ1) is 8.49. The largest absolute Gasteiger partial charge is 0.378 e. The highest BCUT2D eigenvalue weighted by Gasteiger charge is 2.40. The van der Waals surface area contributed by atoms with Gasteiger partial charge in [0.25, 0.3) is 0 Å². The summed E-state index contributed by atoms with van der Waals surface area (Å²) in [5.41, 5.74) is 0.330. The highest BCUT2D eigenvalue weighted by atomic mass is 16.6. The number of ether oxygens (including phenoxy) is 2. The molecular formula is C15H29NO2. The maximum atomic E-state index is 5.98. The lowest BCUT2D eigenvalue weighted by molar-refractivity contribution is -0.0989. The first-order valence-electron chi connectivity index (χ1n) is 7.46. The van der Waals surface area contributed by atoms with Crippen LogP contribution in [-0.4, -0.2) is 37.5 Å². The van der Waals surface area contributed by atoms with Crippen LogP contribution in [0.25, 0.3) is 0 Å². The van der Waals surface area contributed by atoms with Gasteiger partial charge in [-0.25, -0.2) is 0 Å². The van der Waals surface area contributed by atoms with Crippen molar-refractivity contribution >= 4 is 0 Å². The van der Waals surface area contributed by atoms with E-state index in [1.807, 2.05) is 0 Å². The normalized spacial score (nSPS) is 33.2. The van der Waals surface area contributed by atoms with Crippen LogP contribution in [0.3, 0.4) is 0 Å². The van der Waals surface area contributed by atoms with E-state index in [2.05, 4.69) is 26.1 Å². The molecule has 2 atom stereocenters. The van der Waals surface area contributed by atoms with E-state index in [-0.39, 0.29) is 11.1 Å². The molecule has 1 spiro atoms.